The summed E-state index contributed by atoms with van der Waals surface area (Å²) in [5.74, 6) is -0.832. The van der Waals surface area contributed by atoms with E-state index in [1.54, 1.807) is 24.5 Å². The van der Waals surface area contributed by atoms with Crippen molar-refractivity contribution < 1.29 is 22.9 Å². The van der Waals surface area contributed by atoms with Gasteiger partial charge in [0.05, 0.1) is 5.69 Å². The maximum atomic E-state index is 11.3. The van der Waals surface area contributed by atoms with Gasteiger partial charge in [-0.05, 0) is 12.1 Å². The van der Waals surface area contributed by atoms with Gasteiger partial charge in [0.15, 0.2) is 0 Å². The number of phenolic OH excluding ortho intramolecular Hbond substituents is 1. The van der Waals surface area contributed by atoms with E-state index in [1.165, 1.54) is 19.1 Å². The molecule has 3 rings (SSSR count). The van der Waals surface area contributed by atoms with Crippen molar-refractivity contribution in [3.05, 3.63) is 60.9 Å². The molecule has 0 unspecified atom stereocenters. The molecule has 0 radical (unpaired) electrons. The summed E-state index contributed by atoms with van der Waals surface area (Å²) in [6.07, 6.45) is 3.50. The number of phenols is 1. The third-order valence-corrected chi connectivity index (χ3v) is 4.02. The second-order valence-electron chi connectivity index (χ2n) is 5.00. The van der Waals surface area contributed by atoms with Crippen LogP contribution in [0.15, 0.2) is 65.8 Å². The van der Waals surface area contributed by atoms with Crippen LogP contribution in [0.4, 0.5) is 5.69 Å². The Morgan fingerprint density at radius 2 is 1.64 bits per heavy atom. The van der Waals surface area contributed by atoms with Crippen molar-refractivity contribution in [1.29, 1.82) is 0 Å². The van der Waals surface area contributed by atoms with Gasteiger partial charge in [-0.15, -0.1) is 0 Å². The smallest absolute Gasteiger partial charge is 0.295 e. The quantitative estimate of drug-likeness (QED) is 0.478. The summed E-state index contributed by atoms with van der Waals surface area (Å²) in [6, 6.07) is 12.8. The third-order valence-electron chi connectivity index (χ3n) is 3.13. The fraction of sp³-hybridized carbons (Fsp3) is 0.0588. The van der Waals surface area contributed by atoms with Gasteiger partial charge in [-0.3, -0.25) is 14.3 Å². The van der Waals surface area contributed by atoms with Gasteiger partial charge in [0, 0.05) is 36.2 Å². The Bertz CT molecular complexity index is 962. The van der Waals surface area contributed by atoms with Gasteiger partial charge in [0.2, 0.25) is 5.91 Å². The zero-order chi connectivity index (χ0) is 18.4. The van der Waals surface area contributed by atoms with E-state index >= 15 is 0 Å². The van der Waals surface area contributed by atoms with Crippen molar-refractivity contribution in [2.24, 2.45) is 0 Å². The summed E-state index contributed by atoms with van der Waals surface area (Å²) < 4.78 is 31.7. The first-order valence-corrected chi connectivity index (χ1v) is 8.59. The minimum Gasteiger partial charge on any atom is -0.506 e. The standard InChI is InChI=1S/C12H11NO5S.C5H5N/c1-7(14)13-12-9-5-3-2-4-8(9)11(6-10(12)15)19(16,17)18;1-2-4-6-5-3-1/h2-6,15H,1H3,(H,13,14)(H,16,17,18);1-5H. The molecule has 0 bridgehead atoms. The number of hydrogen-bond donors (Lipinski definition) is 3. The van der Waals surface area contributed by atoms with E-state index in [1.807, 2.05) is 18.2 Å². The average molecular weight is 360 g/mol. The van der Waals surface area contributed by atoms with E-state index in [2.05, 4.69) is 10.3 Å². The van der Waals surface area contributed by atoms with Crippen LogP contribution in [-0.4, -0.2) is 29.0 Å². The van der Waals surface area contributed by atoms with Crippen molar-refractivity contribution in [3.63, 3.8) is 0 Å². The minimum absolute atomic E-state index is 0.107. The van der Waals surface area contributed by atoms with Crippen LogP contribution in [0.3, 0.4) is 0 Å². The largest absolute Gasteiger partial charge is 0.506 e. The lowest BCUT2D eigenvalue weighted by atomic mass is 10.1. The Balaban J connectivity index is 0.000000316. The van der Waals surface area contributed by atoms with E-state index in [-0.39, 0.29) is 11.1 Å². The van der Waals surface area contributed by atoms with Crippen LogP contribution in [0.1, 0.15) is 6.92 Å². The highest BCUT2D eigenvalue weighted by molar-refractivity contribution is 7.86. The van der Waals surface area contributed by atoms with E-state index < -0.39 is 26.7 Å². The number of benzene rings is 2. The molecule has 0 aliphatic heterocycles. The zero-order valence-electron chi connectivity index (χ0n) is 13.2. The number of amides is 1. The molecule has 25 heavy (non-hydrogen) atoms. The molecule has 0 atom stereocenters. The number of carbonyl (C=O) groups is 1. The van der Waals surface area contributed by atoms with Crippen molar-refractivity contribution in [1.82, 2.24) is 4.98 Å². The van der Waals surface area contributed by atoms with Crippen LogP contribution in [0, 0.1) is 0 Å². The van der Waals surface area contributed by atoms with Gasteiger partial charge < -0.3 is 10.4 Å². The average Bonchev–Trinajstić information content (AvgIpc) is 2.58. The molecule has 1 heterocycles. The SMILES string of the molecule is CC(=O)Nc1c(O)cc(S(=O)(=O)O)c2ccccc12.c1ccncc1. The molecule has 8 heteroatoms. The number of hydrogen-bond acceptors (Lipinski definition) is 5. The van der Waals surface area contributed by atoms with Crippen molar-refractivity contribution in [2.45, 2.75) is 11.8 Å². The van der Waals surface area contributed by atoms with Gasteiger partial charge in [0.1, 0.15) is 10.6 Å². The van der Waals surface area contributed by atoms with Crippen molar-refractivity contribution in [2.75, 3.05) is 5.32 Å². The van der Waals surface area contributed by atoms with Gasteiger partial charge >= 0.3 is 0 Å². The first-order chi connectivity index (χ1) is 11.8. The second-order valence-corrected chi connectivity index (χ2v) is 6.39. The highest BCUT2D eigenvalue weighted by Gasteiger charge is 2.19. The van der Waals surface area contributed by atoms with Crippen LogP contribution in [0.25, 0.3) is 10.8 Å². The molecule has 0 saturated carbocycles. The molecule has 3 aromatic rings. The first kappa shape index (κ1) is 18.4. The molecule has 1 amide bonds. The van der Waals surface area contributed by atoms with Crippen molar-refractivity contribution >= 4 is 32.5 Å². The molecule has 3 N–H and O–H groups in total. The molecule has 0 spiro atoms. The molecular weight excluding hydrogens is 344 g/mol. The predicted octanol–water partition coefficient (Wildman–Crippen LogP) is 2.83. The Morgan fingerprint density at radius 1 is 1.04 bits per heavy atom. The monoisotopic (exact) mass is 360 g/mol. The molecule has 130 valence electrons. The maximum Gasteiger partial charge on any atom is 0.295 e. The normalized spacial score (nSPS) is 10.6. The van der Waals surface area contributed by atoms with Crippen LogP contribution in [0.2, 0.25) is 0 Å². The first-order valence-electron chi connectivity index (χ1n) is 7.15. The lowest BCUT2D eigenvalue weighted by Crippen LogP contribution is -2.08. The van der Waals surface area contributed by atoms with Gasteiger partial charge in [0.25, 0.3) is 10.1 Å². The number of rotatable bonds is 2. The summed E-state index contributed by atoms with van der Waals surface area (Å²) in [6.45, 7) is 1.27. The molecule has 0 fully saturated rings. The highest BCUT2D eigenvalue weighted by Crippen LogP contribution is 2.36. The molecule has 1 aromatic heterocycles. The molecule has 0 saturated heterocycles. The van der Waals surface area contributed by atoms with Crippen LogP contribution in [0.5, 0.6) is 5.75 Å². The Hall–Kier alpha value is -2.97. The topological polar surface area (TPSA) is 117 Å². The minimum atomic E-state index is -4.47. The van der Waals surface area contributed by atoms with Gasteiger partial charge in [-0.1, -0.05) is 30.3 Å². The number of fused-ring (bicyclic) bond motifs is 1. The number of carbonyl (C=O) groups excluding carboxylic acids is 1. The molecule has 0 aliphatic rings. The van der Waals surface area contributed by atoms with E-state index in [9.17, 15) is 18.3 Å². The van der Waals surface area contributed by atoms with Gasteiger partial charge in [-0.25, -0.2) is 0 Å². The molecule has 0 aliphatic carbocycles. The fourth-order valence-electron chi connectivity index (χ4n) is 2.16. The van der Waals surface area contributed by atoms with Crippen LogP contribution >= 0.6 is 0 Å². The van der Waals surface area contributed by atoms with Crippen LogP contribution < -0.4 is 5.32 Å². The summed E-state index contributed by atoms with van der Waals surface area (Å²) in [5.41, 5.74) is 0.107. The molecular formula is C17H16N2O5S. The number of anilines is 1. The second kappa shape index (κ2) is 7.73. The summed E-state index contributed by atoms with van der Waals surface area (Å²) in [4.78, 5) is 14.5. The Kier molecular flexibility index (Phi) is 5.68. The maximum absolute atomic E-state index is 11.3. The zero-order valence-corrected chi connectivity index (χ0v) is 14.1. The van der Waals surface area contributed by atoms with E-state index in [0.717, 1.165) is 6.07 Å². The highest BCUT2D eigenvalue weighted by atomic mass is 32.2. The molecule has 7 nitrogen and oxygen atoms in total. The van der Waals surface area contributed by atoms with Crippen molar-refractivity contribution in [3.8, 4) is 5.75 Å². The van der Waals surface area contributed by atoms with E-state index in [4.69, 9.17) is 4.55 Å². The lowest BCUT2D eigenvalue weighted by Gasteiger charge is -2.12. The Labute approximate surface area is 144 Å². The fourth-order valence-corrected chi connectivity index (χ4v) is 2.88. The number of nitrogens with one attached hydrogen (secondary N) is 1. The third kappa shape index (κ3) is 4.75. The summed E-state index contributed by atoms with van der Waals surface area (Å²) in [7, 11) is -4.47. The van der Waals surface area contributed by atoms with Gasteiger partial charge in [-0.2, -0.15) is 8.42 Å². The van der Waals surface area contributed by atoms with Crippen LogP contribution in [-0.2, 0) is 14.9 Å². The number of aromatic hydroxyl groups is 1. The molecule has 2 aromatic carbocycles. The van der Waals surface area contributed by atoms with E-state index in [0.29, 0.717) is 5.39 Å². The predicted molar refractivity (Wildman–Crippen MR) is 94.0 cm³/mol. The summed E-state index contributed by atoms with van der Waals surface area (Å²) >= 11 is 0. The summed E-state index contributed by atoms with van der Waals surface area (Å²) in [5, 5.41) is 12.8. The number of nitrogens with zero attached hydrogens (tertiary/aromatic N) is 1. The lowest BCUT2D eigenvalue weighted by molar-refractivity contribution is -0.114. The number of aromatic nitrogens is 1. The number of pyridine rings is 1. The Morgan fingerprint density at radius 3 is 2.08 bits per heavy atom.